The second-order valence-corrected chi connectivity index (χ2v) is 4.22. The zero-order valence-electron chi connectivity index (χ0n) is 11.7. The Kier molecular flexibility index (Phi) is 4.24. The summed E-state index contributed by atoms with van der Waals surface area (Å²) >= 11 is 0. The van der Waals surface area contributed by atoms with E-state index in [-0.39, 0.29) is 5.91 Å². The first kappa shape index (κ1) is 13.9. The van der Waals surface area contributed by atoms with Gasteiger partial charge in [0.05, 0.1) is 14.2 Å². The molecule has 20 heavy (non-hydrogen) atoms. The molecule has 0 aliphatic heterocycles. The van der Waals surface area contributed by atoms with Gasteiger partial charge in [0.1, 0.15) is 11.3 Å². The molecule has 1 aromatic carbocycles. The number of methoxy groups -OCH3 is 2. The monoisotopic (exact) mass is 275 g/mol. The minimum Gasteiger partial charge on any atom is -0.496 e. The number of nitrogens with zero attached hydrogens (tertiary/aromatic N) is 2. The van der Waals surface area contributed by atoms with Gasteiger partial charge in [0.25, 0.3) is 5.91 Å². The van der Waals surface area contributed by atoms with E-state index in [4.69, 9.17) is 9.47 Å². The van der Waals surface area contributed by atoms with Gasteiger partial charge >= 0.3 is 0 Å². The van der Waals surface area contributed by atoms with Crippen molar-refractivity contribution in [3.8, 4) is 11.6 Å². The van der Waals surface area contributed by atoms with E-state index in [0.717, 1.165) is 11.3 Å². The van der Waals surface area contributed by atoms with Crippen LogP contribution in [0.25, 0.3) is 0 Å². The van der Waals surface area contributed by atoms with E-state index in [0.29, 0.717) is 18.0 Å². The number of hydrogen-bond donors (Lipinski definition) is 1. The summed E-state index contributed by atoms with van der Waals surface area (Å²) in [5, 5.41) is 6.87. The van der Waals surface area contributed by atoms with Crippen LogP contribution < -0.4 is 14.8 Å². The first-order valence-corrected chi connectivity index (χ1v) is 6.13. The van der Waals surface area contributed by atoms with E-state index < -0.39 is 0 Å². The highest BCUT2D eigenvalue weighted by Crippen LogP contribution is 2.18. The summed E-state index contributed by atoms with van der Waals surface area (Å²) in [7, 11) is 4.82. The van der Waals surface area contributed by atoms with E-state index in [1.165, 1.54) is 11.8 Å². The van der Waals surface area contributed by atoms with E-state index in [2.05, 4.69) is 10.4 Å². The van der Waals surface area contributed by atoms with Crippen molar-refractivity contribution in [2.45, 2.75) is 6.54 Å². The number of rotatable bonds is 5. The standard InChI is InChI=1S/C14H17N3O3/c1-17-9-11(14(16-17)20-3)13(18)15-8-10-6-4-5-7-12(10)19-2/h4-7,9H,8H2,1-3H3,(H,15,18). The molecule has 0 aliphatic carbocycles. The average molecular weight is 275 g/mol. The first-order valence-electron chi connectivity index (χ1n) is 6.13. The third kappa shape index (κ3) is 2.90. The average Bonchev–Trinajstić information content (AvgIpc) is 2.86. The summed E-state index contributed by atoms with van der Waals surface area (Å²) < 4.78 is 11.8. The molecule has 106 valence electrons. The molecule has 1 amide bonds. The highest BCUT2D eigenvalue weighted by atomic mass is 16.5. The Bertz CT molecular complexity index is 607. The van der Waals surface area contributed by atoms with Gasteiger partial charge in [-0.1, -0.05) is 18.2 Å². The van der Waals surface area contributed by atoms with Crippen molar-refractivity contribution in [1.82, 2.24) is 15.1 Å². The minimum atomic E-state index is -0.235. The van der Waals surface area contributed by atoms with Crippen LogP contribution in [0.3, 0.4) is 0 Å². The van der Waals surface area contributed by atoms with Crippen LogP contribution in [0.1, 0.15) is 15.9 Å². The normalized spacial score (nSPS) is 10.2. The van der Waals surface area contributed by atoms with Crippen molar-refractivity contribution in [3.63, 3.8) is 0 Å². The summed E-state index contributed by atoms with van der Waals surface area (Å²) in [6.07, 6.45) is 1.62. The van der Waals surface area contributed by atoms with Crippen molar-refractivity contribution in [2.24, 2.45) is 7.05 Å². The van der Waals surface area contributed by atoms with Crippen LogP contribution in [-0.2, 0) is 13.6 Å². The summed E-state index contributed by atoms with van der Waals surface area (Å²) in [5.74, 6) is 0.817. The second kappa shape index (κ2) is 6.10. The number of benzene rings is 1. The molecule has 0 fully saturated rings. The number of hydrogen-bond acceptors (Lipinski definition) is 4. The van der Waals surface area contributed by atoms with Crippen molar-refractivity contribution < 1.29 is 14.3 Å². The maximum absolute atomic E-state index is 12.1. The Morgan fingerprint density at radius 2 is 2.05 bits per heavy atom. The molecule has 0 saturated heterocycles. The van der Waals surface area contributed by atoms with Crippen molar-refractivity contribution in [3.05, 3.63) is 41.6 Å². The van der Waals surface area contributed by atoms with Gasteiger partial charge in [-0.05, 0) is 6.07 Å². The lowest BCUT2D eigenvalue weighted by molar-refractivity contribution is 0.0947. The third-order valence-electron chi connectivity index (χ3n) is 2.86. The van der Waals surface area contributed by atoms with Gasteiger partial charge in [-0.15, -0.1) is 5.10 Å². The summed E-state index contributed by atoms with van der Waals surface area (Å²) in [5.41, 5.74) is 1.32. The molecule has 1 aromatic heterocycles. The molecule has 0 atom stereocenters. The van der Waals surface area contributed by atoms with Crippen LogP contribution in [0.15, 0.2) is 30.5 Å². The van der Waals surface area contributed by atoms with Crippen LogP contribution in [0.4, 0.5) is 0 Å². The maximum Gasteiger partial charge on any atom is 0.258 e. The maximum atomic E-state index is 12.1. The fourth-order valence-electron chi connectivity index (χ4n) is 1.89. The molecule has 0 radical (unpaired) electrons. The molecule has 6 heteroatoms. The number of carbonyl (C=O) groups is 1. The lowest BCUT2D eigenvalue weighted by atomic mass is 10.2. The summed E-state index contributed by atoms with van der Waals surface area (Å²) in [6.45, 7) is 0.376. The number of para-hydroxylation sites is 1. The predicted octanol–water partition coefficient (Wildman–Crippen LogP) is 1.37. The molecular formula is C14H17N3O3. The molecule has 2 aromatic rings. The molecule has 2 rings (SSSR count). The fraction of sp³-hybridized carbons (Fsp3) is 0.286. The van der Waals surface area contributed by atoms with Crippen LogP contribution in [0, 0.1) is 0 Å². The fourth-order valence-corrected chi connectivity index (χ4v) is 1.89. The number of ether oxygens (including phenoxy) is 2. The van der Waals surface area contributed by atoms with Crippen molar-refractivity contribution in [1.29, 1.82) is 0 Å². The van der Waals surface area contributed by atoms with Gasteiger partial charge in [0.2, 0.25) is 5.88 Å². The van der Waals surface area contributed by atoms with Crippen molar-refractivity contribution in [2.75, 3.05) is 14.2 Å². The highest BCUT2D eigenvalue weighted by molar-refractivity contribution is 5.96. The Morgan fingerprint density at radius 1 is 1.30 bits per heavy atom. The van der Waals surface area contributed by atoms with E-state index >= 15 is 0 Å². The third-order valence-corrected chi connectivity index (χ3v) is 2.86. The minimum absolute atomic E-state index is 0.235. The molecule has 0 unspecified atom stereocenters. The van der Waals surface area contributed by atoms with Gasteiger partial charge in [0.15, 0.2) is 0 Å². The Labute approximate surface area is 117 Å². The van der Waals surface area contributed by atoms with Gasteiger partial charge in [-0.25, -0.2) is 0 Å². The number of aromatic nitrogens is 2. The Balaban J connectivity index is 2.08. The smallest absolute Gasteiger partial charge is 0.258 e. The SMILES string of the molecule is COc1ccccc1CNC(=O)c1cn(C)nc1OC. The zero-order valence-corrected chi connectivity index (χ0v) is 11.7. The lowest BCUT2D eigenvalue weighted by Gasteiger charge is -2.09. The van der Waals surface area contributed by atoms with Crippen LogP contribution in [-0.4, -0.2) is 29.9 Å². The van der Waals surface area contributed by atoms with Crippen LogP contribution in [0.5, 0.6) is 11.6 Å². The first-order chi connectivity index (χ1) is 9.65. The number of nitrogens with one attached hydrogen (secondary N) is 1. The molecule has 1 N–H and O–H groups in total. The molecule has 1 heterocycles. The van der Waals surface area contributed by atoms with Gasteiger partial charge in [-0.2, -0.15) is 0 Å². The molecule has 0 bridgehead atoms. The Morgan fingerprint density at radius 3 is 2.75 bits per heavy atom. The Hall–Kier alpha value is -2.50. The second-order valence-electron chi connectivity index (χ2n) is 4.22. The number of carbonyl (C=O) groups excluding carboxylic acids is 1. The molecule has 0 saturated carbocycles. The van der Waals surface area contributed by atoms with E-state index in [1.54, 1.807) is 20.4 Å². The van der Waals surface area contributed by atoms with E-state index in [1.807, 2.05) is 24.3 Å². The number of aryl methyl sites for hydroxylation is 1. The molecule has 0 aliphatic rings. The van der Waals surface area contributed by atoms with Crippen LogP contribution >= 0.6 is 0 Å². The number of amides is 1. The topological polar surface area (TPSA) is 65.4 Å². The lowest BCUT2D eigenvalue weighted by Crippen LogP contribution is -2.23. The van der Waals surface area contributed by atoms with Crippen molar-refractivity contribution >= 4 is 5.91 Å². The van der Waals surface area contributed by atoms with Gasteiger partial charge < -0.3 is 14.8 Å². The molecular weight excluding hydrogens is 258 g/mol. The summed E-state index contributed by atoms with van der Waals surface area (Å²) in [6, 6.07) is 7.54. The molecule has 0 spiro atoms. The summed E-state index contributed by atoms with van der Waals surface area (Å²) in [4.78, 5) is 12.1. The van der Waals surface area contributed by atoms with Crippen LogP contribution in [0.2, 0.25) is 0 Å². The predicted molar refractivity (Wildman–Crippen MR) is 73.9 cm³/mol. The highest BCUT2D eigenvalue weighted by Gasteiger charge is 2.16. The van der Waals surface area contributed by atoms with Gasteiger partial charge in [0, 0.05) is 25.4 Å². The van der Waals surface area contributed by atoms with E-state index in [9.17, 15) is 4.79 Å². The largest absolute Gasteiger partial charge is 0.496 e. The zero-order chi connectivity index (χ0) is 14.5. The quantitative estimate of drug-likeness (QED) is 0.895. The van der Waals surface area contributed by atoms with Gasteiger partial charge in [-0.3, -0.25) is 9.48 Å². The molecule has 6 nitrogen and oxygen atoms in total.